The fourth-order valence-electron chi connectivity index (χ4n) is 2.53. The molecular weight excluding hydrogens is 204 g/mol. The Kier molecular flexibility index (Phi) is 3.47. The molecule has 2 unspecified atom stereocenters. The highest BCUT2D eigenvalue weighted by atomic mass is 16.2. The van der Waals surface area contributed by atoms with Crippen molar-refractivity contribution in [2.24, 2.45) is 5.73 Å². The van der Waals surface area contributed by atoms with E-state index in [0.29, 0.717) is 12.5 Å². The summed E-state index contributed by atoms with van der Waals surface area (Å²) in [5.41, 5.74) is 5.80. The minimum Gasteiger partial charge on any atom is -0.339 e. The number of nitrogens with zero attached hydrogens (tertiary/aromatic N) is 3. The zero-order chi connectivity index (χ0) is 11.7. The minimum atomic E-state index is 0.0409. The van der Waals surface area contributed by atoms with Gasteiger partial charge in [0.2, 0.25) is 5.91 Å². The molecule has 92 valence electrons. The SMILES string of the molecule is CN1CCN(C)C(CN2CC(N)CC2=O)C1. The van der Waals surface area contributed by atoms with E-state index in [1.165, 1.54) is 0 Å². The minimum absolute atomic E-state index is 0.0409. The number of nitrogens with two attached hydrogens (primary N) is 1. The van der Waals surface area contributed by atoms with E-state index in [1.54, 1.807) is 0 Å². The van der Waals surface area contributed by atoms with Crippen LogP contribution in [0.5, 0.6) is 0 Å². The van der Waals surface area contributed by atoms with Crippen molar-refractivity contribution in [2.75, 3.05) is 46.8 Å². The Labute approximate surface area is 97.2 Å². The van der Waals surface area contributed by atoms with E-state index >= 15 is 0 Å². The molecule has 5 heteroatoms. The Bertz CT molecular complexity index is 271. The van der Waals surface area contributed by atoms with Crippen LogP contribution in [-0.2, 0) is 4.79 Å². The third kappa shape index (κ3) is 2.53. The summed E-state index contributed by atoms with van der Waals surface area (Å²) in [6.07, 6.45) is 0.520. The van der Waals surface area contributed by atoms with Gasteiger partial charge < -0.3 is 15.5 Å². The maximum atomic E-state index is 11.7. The average molecular weight is 226 g/mol. The van der Waals surface area contributed by atoms with Crippen molar-refractivity contribution in [3.8, 4) is 0 Å². The molecule has 0 aromatic carbocycles. The summed E-state index contributed by atoms with van der Waals surface area (Å²) in [5.74, 6) is 0.217. The molecule has 0 aromatic rings. The summed E-state index contributed by atoms with van der Waals surface area (Å²) in [6.45, 7) is 4.78. The number of rotatable bonds is 2. The highest BCUT2D eigenvalue weighted by Crippen LogP contribution is 2.13. The lowest BCUT2D eigenvalue weighted by Gasteiger charge is -2.39. The number of carbonyl (C=O) groups is 1. The van der Waals surface area contributed by atoms with Gasteiger partial charge in [0.1, 0.15) is 0 Å². The van der Waals surface area contributed by atoms with Crippen LogP contribution in [0.2, 0.25) is 0 Å². The molecule has 0 saturated carbocycles. The second-order valence-corrected chi connectivity index (χ2v) is 5.16. The average Bonchev–Trinajstić information content (AvgIpc) is 2.51. The van der Waals surface area contributed by atoms with E-state index in [9.17, 15) is 4.79 Å². The van der Waals surface area contributed by atoms with Crippen molar-refractivity contribution in [3.05, 3.63) is 0 Å². The highest BCUT2D eigenvalue weighted by Gasteiger charge is 2.31. The third-order valence-electron chi connectivity index (χ3n) is 3.66. The number of likely N-dealkylation sites (N-methyl/N-ethyl adjacent to an activating group) is 2. The molecule has 1 amide bonds. The van der Waals surface area contributed by atoms with Crippen LogP contribution in [0.3, 0.4) is 0 Å². The van der Waals surface area contributed by atoms with Gasteiger partial charge in [0, 0.05) is 51.2 Å². The fraction of sp³-hybridized carbons (Fsp3) is 0.909. The predicted octanol–water partition coefficient (Wildman–Crippen LogP) is -1.21. The van der Waals surface area contributed by atoms with Gasteiger partial charge in [0.15, 0.2) is 0 Å². The molecular formula is C11H22N4O. The Morgan fingerprint density at radius 3 is 2.69 bits per heavy atom. The fourth-order valence-corrected chi connectivity index (χ4v) is 2.53. The lowest BCUT2D eigenvalue weighted by Crippen LogP contribution is -2.54. The lowest BCUT2D eigenvalue weighted by atomic mass is 10.2. The van der Waals surface area contributed by atoms with Crippen molar-refractivity contribution in [1.29, 1.82) is 0 Å². The van der Waals surface area contributed by atoms with E-state index in [2.05, 4.69) is 23.9 Å². The molecule has 2 aliphatic heterocycles. The number of hydrogen-bond donors (Lipinski definition) is 1. The van der Waals surface area contributed by atoms with Crippen molar-refractivity contribution < 1.29 is 4.79 Å². The van der Waals surface area contributed by atoms with Crippen LogP contribution >= 0.6 is 0 Å². The second kappa shape index (κ2) is 4.69. The molecule has 0 spiro atoms. The maximum Gasteiger partial charge on any atom is 0.224 e. The topological polar surface area (TPSA) is 52.8 Å². The monoisotopic (exact) mass is 226 g/mol. The molecule has 2 heterocycles. The number of piperazine rings is 1. The molecule has 2 aliphatic rings. The molecule has 2 N–H and O–H groups in total. The number of likely N-dealkylation sites (tertiary alicyclic amines) is 1. The smallest absolute Gasteiger partial charge is 0.224 e. The van der Waals surface area contributed by atoms with Crippen LogP contribution in [0.4, 0.5) is 0 Å². The van der Waals surface area contributed by atoms with Gasteiger partial charge in [-0.1, -0.05) is 0 Å². The van der Waals surface area contributed by atoms with Gasteiger partial charge in [-0.2, -0.15) is 0 Å². The summed E-state index contributed by atoms with van der Waals surface area (Å²) in [4.78, 5) is 18.3. The molecule has 2 atom stereocenters. The van der Waals surface area contributed by atoms with E-state index < -0.39 is 0 Å². The summed E-state index contributed by atoms with van der Waals surface area (Å²) in [6, 6.07) is 0.493. The first kappa shape index (κ1) is 11.8. The van der Waals surface area contributed by atoms with Crippen LogP contribution in [0, 0.1) is 0 Å². The molecule has 0 aliphatic carbocycles. The van der Waals surface area contributed by atoms with E-state index in [-0.39, 0.29) is 11.9 Å². The highest BCUT2D eigenvalue weighted by molar-refractivity contribution is 5.79. The molecule has 5 nitrogen and oxygen atoms in total. The quantitative estimate of drug-likeness (QED) is 0.642. The largest absolute Gasteiger partial charge is 0.339 e. The van der Waals surface area contributed by atoms with Gasteiger partial charge in [-0.05, 0) is 14.1 Å². The standard InChI is InChI=1S/C11H22N4O/c1-13-3-4-14(2)10(7-13)8-15-6-9(12)5-11(15)16/h9-10H,3-8,12H2,1-2H3. The predicted molar refractivity (Wildman–Crippen MR) is 63.1 cm³/mol. The van der Waals surface area contributed by atoms with Gasteiger partial charge in [0.25, 0.3) is 0 Å². The van der Waals surface area contributed by atoms with Gasteiger partial charge in [0.05, 0.1) is 0 Å². The first-order valence-corrected chi connectivity index (χ1v) is 5.98. The molecule has 0 bridgehead atoms. The summed E-state index contributed by atoms with van der Waals surface area (Å²) >= 11 is 0. The summed E-state index contributed by atoms with van der Waals surface area (Å²) in [5, 5.41) is 0. The molecule has 0 radical (unpaired) electrons. The summed E-state index contributed by atoms with van der Waals surface area (Å²) < 4.78 is 0. The molecule has 2 fully saturated rings. The van der Waals surface area contributed by atoms with Crippen LogP contribution in [0.25, 0.3) is 0 Å². The van der Waals surface area contributed by atoms with Crippen molar-refractivity contribution in [2.45, 2.75) is 18.5 Å². The Morgan fingerprint density at radius 1 is 1.31 bits per heavy atom. The van der Waals surface area contributed by atoms with Gasteiger partial charge >= 0.3 is 0 Å². The Hall–Kier alpha value is -0.650. The zero-order valence-electron chi connectivity index (χ0n) is 10.2. The van der Waals surface area contributed by atoms with Gasteiger partial charge in [-0.25, -0.2) is 0 Å². The first-order chi connectivity index (χ1) is 7.56. The Morgan fingerprint density at radius 2 is 2.06 bits per heavy atom. The zero-order valence-corrected chi connectivity index (χ0v) is 10.2. The van der Waals surface area contributed by atoms with E-state index in [1.807, 2.05) is 4.90 Å². The number of hydrogen-bond acceptors (Lipinski definition) is 4. The number of amides is 1. The maximum absolute atomic E-state index is 11.7. The normalized spacial score (nSPS) is 33.7. The third-order valence-corrected chi connectivity index (χ3v) is 3.66. The molecule has 16 heavy (non-hydrogen) atoms. The van der Waals surface area contributed by atoms with E-state index in [0.717, 1.165) is 32.7 Å². The van der Waals surface area contributed by atoms with Crippen LogP contribution in [0.15, 0.2) is 0 Å². The van der Waals surface area contributed by atoms with Crippen molar-refractivity contribution in [1.82, 2.24) is 14.7 Å². The number of carbonyl (C=O) groups excluding carboxylic acids is 1. The van der Waals surface area contributed by atoms with Gasteiger partial charge in [-0.15, -0.1) is 0 Å². The Balaban J connectivity index is 1.90. The molecule has 2 rings (SSSR count). The van der Waals surface area contributed by atoms with Gasteiger partial charge in [-0.3, -0.25) is 9.69 Å². The van der Waals surface area contributed by atoms with Crippen LogP contribution in [0.1, 0.15) is 6.42 Å². The van der Waals surface area contributed by atoms with Crippen LogP contribution in [-0.4, -0.2) is 79.5 Å². The first-order valence-electron chi connectivity index (χ1n) is 5.98. The lowest BCUT2D eigenvalue weighted by molar-refractivity contribution is -0.128. The molecule has 2 saturated heterocycles. The second-order valence-electron chi connectivity index (χ2n) is 5.16. The van der Waals surface area contributed by atoms with Crippen molar-refractivity contribution >= 4 is 5.91 Å². The van der Waals surface area contributed by atoms with E-state index in [4.69, 9.17) is 5.73 Å². The van der Waals surface area contributed by atoms with Crippen LogP contribution < -0.4 is 5.73 Å². The van der Waals surface area contributed by atoms with Crippen molar-refractivity contribution in [3.63, 3.8) is 0 Å². The summed E-state index contributed by atoms with van der Waals surface area (Å²) in [7, 11) is 4.27. The molecule has 0 aromatic heterocycles.